The molecule has 1 aromatic heterocycles. The van der Waals surface area contributed by atoms with E-state index in [9.17, 15) is 4.79 Å². The zero-order chi connectivity index (χ0) is 13.7. The number of H-pyrrole nitrogens is 1. The maximum Gasteiger partial charge on any atom is 0.251 e. The Morgan fingerprint density at radius 1 is 1.37 bits per heavy atom. The second-order valence-corrected chi connectivity index (χ2v) is 5.19. The van der Waals surface area contributed by atoms with Gasteiger partial charge in [-0.3, -0.25) is 4.79 Å². The van der Waals surface area contributed by atoms with E-state index in [1.54, 1.807) is 18.9 Å². The Bertz CT molecular complexity index is 610. The lowest BCUT2D eigenvalue weighted by molar-refractivity contribution is 0.181. The molecule has 2 rings (SSSR count). The van der Waals surface area contributed by atoms with Crippen molar-refractivity contribution in [3.63, 3.8) is 0 Å². The van der Waals surface area contributed by atoms with Crippen LogP contribution in [0.2, 0.25) is 0 Å². The van der Waals surface area contributed by atoms with E-state index < -0.39 is 0 Å². The van der Waals surface area contributed by atoms with E-state index in [4.69, 9.17) is 4.74 Å². The van der Waals surface area contributed by atoms with Gasteiger partial charge in [0.1, 0.15) is 5.82 Å². The highest BCUT2D eigenvalue weighted by Gasteiger charge is 2.04. The van der Waals surface area contributed by atoms with Crippen molar-refractivity contribution in [2.75, 3.05) is 7.11 Å². The van der Waals surface area contributed by atoms with E-state index in [-0.39, 0.29) is 5.56 Å². The summed E-state index contributed by atoms with van der Waals surface area (Å²) in [7, 11) is 1.59. The number of aryl methyl sites for hydroxylation is 1. The van der Waals surface area contributed by atoms with Crippen LogP contribution in [0.25, 0.3) is 0 Å². The van der Waals surface area contributed by atoms with Crippen molar-refractivity contribution in [3.05, 3.63) is 57.8 Å². The summed E-state index contributed by atoms with van der Waals surface area (Å²) in [5.74, 6) is 1.31. The fraction of sp³-hybridized carbons (Fsp3) is 0.286. The molecule has 0 atom stereocenters. The zero-order valence-corrected chi connectivity index (χ0v) is 11.8. The summed E-state index contributed by atoms with van der Waals surface area (Å²) >= 11 is 1.66. The van der Waals surface area contributed by atoms with Gasteiger partial charge < -0.3 is 9.72 Å². The number of aromatic nitrogens is 2. The highest BCUT2D eigenvalue weighted by Crippen LogP contribution is 2.24. The number of nitrogens with zero attached hydrogens (tertiary/aromatic N) is 1. The van der Waals surface area contributed by atoms with Crippen LogP contribution in [0.5, 0.6) is 0 Å². The number of benzene rings is 1. The second-order valence-electron chi connectivity index (χ2n) is 4.17. The lowest BCUT2D eigenvalue weighted by Crippen LogP contribution is -2.12. The summed E-state index contributed by atoms with van der Waals surface area (Å²) < 4.78 is 5.00. The van der Waals surface area contributed by atoms with Gasteiger partial charge in [0.05, 0.1) is 18.1 Å². The van der Waals surface area contributed by atoms with Crippen molar-refractivity contribution in [1.82, 2.24) is 9.97 Å². The monoisotopic (exact) mass is 276 g/mol. The Labute approximate surface area is 116 Å². The molecule has 0 bridgehead atoms. The van der Waals surface area contributed by atoms with Crippen molar-refractivity contribution in [3.8, 4) is 0 Å². The van der Waals surface area contributed by atoms with Crippen LogP contribution in [0.15, 0.2) is 40.0 Å². The first-order valence-corrected chi connectivity index (χ1v) is 6.94. The molecule has 0 saturated carbocycles. The molecule has 0 radical (unpaired) electrons. The van der Waals surface area contributed by atoms with Crippen LogP contribution >= 0.6 is 11.8 Å². The van der Waals surface area contributed by atoms with Crippen molar-refractivity contribution < 1.29 is 4.74 Å². The molecule has 100 valence electrons. The smallest absolute Gasteiger partial charge is 0.251 e. The first-order valence-electron chi connectivity index (χ1n) is 5.95. The molecule has 0 aliphatic heterocycles. The van der Waals surface area contributed by atoms with E-state index in [0.717, 1.165) is 0 Å². The van der Waals surface area contributed by atoms with Crippen molar-refractivity contribution in [1.29, 1.82) is 0 Å². The Balaban J connectivity index is 2.11. The third-order valence-electron chi connectivity index (χ3n) is 2.59. The predicted molar refractivity (Wildman–Crippen MR) is 76.3 cm³/mol. The number of hydrogen-bond acceptors (Lipinski definition) is 4. The van der Waals surface area contributed by atoms with Crippen LogP contribution in [0.4, 0.5) is 0 Å². The van der Waals surface area contributed by atoms with Gasteiger partial charge in [-0.1, -0.05) is 18.2 Å². The number of hydrogen-bond donors (Lipinski definition) is 1. The largest absolute Gasteiger partial charge is 0.378 e. The number of thioether (sulfide) groups is 1. The quantitative estimate of drug-likeness (QED) is 0.853. The minimum absolute atomic E-state index is 0.137. The van der Waals surface area contributed by atoms with Gasteiger partial charge in [-0.15, -0.1) is 11.8 Å². The average molecular weight is 276 g/mol. The van der Waals surface area contributed by atoms with Gasteiger partial charge in [-0.25, -0.2) is 4.98 Å². The molecule has 1 N–H and O–H groups in total. The Kier molecular flexibility index (Phi) is 4.76. The Morgan fingerprint density at radius 3 is 2.89 bits per heavy atom. The summed E-state index contributed by atoms with van der Waals surface area (Å²) in [5, 5.41) is 0. The summed E-state index contributed by atoms with van der Waals surface area (Å²) in [6.07, 6.45) is 0. The average Bonchev–Trinajstić information content (AvgIpc) is 2.37. The standard InChI is InChI=1S/C14H16N2O2S/c1-10-5-3-4-6-12(10)19-9-13-15-11(8-18-2)7-14(17)16-13/h3-7H,8-9H2,1-2H3,(H,15,16,17). The molecular formula is C14H16N2O2S. The molecule has 5 heteroatoms. The number of aromatic amines is 1. The molecule has 0 aliphatic carbocycles. The lowest BCUT2D eigenvalue weighted by atomic mass is 10.2. The highest BCUT2D eigenvalue weighted by molar-refractivity contribution is 7.98. The number of rotatable bonds is 5. The van der Waals surface area contributed by atoms with Gasteiger partial charge >= 0.3 is 0 Å². The molecule has 1 heterocycles. The Hall–Kier alpha value is -1.59. The lowest BCUT2D eigenvalue weighted by Gasteiger charge is -2.06. The summed E-state index contributed by atoms with van der Waals surface area (Å²) in [5.41, 5.74) is 1.75. The van der Waals surface area contributed by atoms with Crippen LogP contribution in [-0.2, 0) is 17.1 Å². The van der Waals surface area contributed by atoms with Gasteiger partial charge in [-0.2, -0.15) is 0 Å². The van der Waals surface area contributed by atoms with E-state index in [0.29, 0.717) is 23.9 Å². The molecule has 0 fully saturated rings. The molecular weight excluding hydrogens is 260 g/mol. The Morgan fingerprint density at radius 2 is 2.16 bits per heavy atom. The predicted octanol–water partition coefficient (Wildman–Crippen LogP) is 2.52. The van der Waals surface area contributed by atoms with E-state index in [1.807, 2.05) is 12.1 Å². The summed E-state index contributed by atoms with van der Waals surface area (Å²) in [6, 6.07) is 9.62. The van der Waals surface area contributed by atoms with Gasteiger partial charge in [0.15, 0.2) is 0 Å². The zero-order valence-electron chi connectivity index (χ0n) is 11.0. The van der Waals surface area contributed by atoms with Crippen LogP contribution < -0.4 is 5.56 Å². The van der Waals surface area contributed by atoms with Crippen LogP contribution in [0.1, 0.15) is 17.1 Å². The fourth-order valence-corrected chi connectivity index (χ4v) is 2.62. The van der Waals surface area contributed by atoms with E-state index in [2.05, 4.69) is 29.0 Å². The normalized spacial score (nSPS) is 10.6. The highest BCUT2D eigenvalue weighted by atomic mass is 32.2. The van der Waals surface area contributed by atoms with Gasteiger partial charge in [-0.05, 0) is 18.6 Å². The minimum atomic E-state index is -0.137. The van der Waals surface area contributed by atoms with E-state index >= 15 is 0 Å². The molecule has 0 amide bonds. The van der Waals surface area contributed by atoms with Gasteiger partial charge in [0, 0.05) is 18.1 Å². The third kappa shape index (κ3) is 3.94. The topological polar surface area (TPSA) is 55.0 Å². The minimum Gasteiger partial charge on any atom is -0.378 e. The number of methoxy groups -OCH3 is 1. The molecule has 1 aromatic carbocycles. The van der Waals surface area contributed by atoms with Crippen LogP contribution in [0, 0.1) is 6.92 Å². The van der Waals surface area contributed by atoms with Crippen LogP contribution in [-0.4, -0.2) is 17.1 Å². The molecule has 0 saturated heterocycles. The molecule has 19 heavy (non-hydrogen) atoms. The first kappa shape index (κ1) is 13.8. The second kappa shape index (κ2) is 6.54. The van der Waals surface area contributed by atoms with Crippen molar-refractivity contribution in [2.45, 2.75) is 24.2 Å². The third-order valence-corrected chi connectivity index (χ3v) is 3.78. The fourth-order valence-electron chi connectivity index (χ4n) is 1.72. The molecule has 0 spiro atoms. The molecule has 0 aliphatic rings. The number of ether oxygens (including phenoxy) is 1. The van der Waals surface area contributed by atoms with Crippen LogP contribution in [0.3, 0.4) is 0 Å². The SMILES string of the molecule is COCc1cc(=O)[nH]c(CSc2ccccc2C)n1. The molecule has 4 nitrogen and oxygen atoms in total. The van der Waals surface area contributed by atoms with Gasteiger partial charge in [0.25, 0.3) is 5.56 Å². The molecule has 2 aromatic rings. The maximum atomic E-state index is 11.5. The van der Waals surface area contributed by atoms with E-state index in [1.165, 1.54) is 16.5 Å². The first-order chi connectivity index (χ1) is 9.19. The van der Waals surface area contributed by atoms with Gasteiger partial charge in [0.2, 0.25) is 0 Å². The summed E-state index contributed by atoms with van der Waals surface area (Å²) in [4.78, 5) is 19.8. The summed E-state index contributed by atoms with van der Waals surface area (Å²) in [6.45, 7) is 2.42. The van der Waals surface area contributed by atoms with Crippen molar-refractivity contribution in [2.24, 2.45) is 0 Å². The number of nitrogens with one attached hydrogen (secondary N) is 1. The maximum absolute atomic E-state index is 11.5. The molecule has 0 unspecified atom stereocenters. The van der Waals surface area contributed by atoms with Crippen molar-refractivity contribution >= 4 is 11.8 Å².